The van der Waals surface area contributed by atoms with Crippen molar-refractivity contribution in [3.63, 3.8) is 0 Å². The van der Waals surface area contributed by atoms with Crippen LogP contribution in [0, 0.1) is 5.41 Å². The molecule has 1 fully saturated rings. The summed E-state index contributed by atoms with van der Waals surface area (Å²) in [5, 5.41) is 2.51. The molecule has 0 saturated carbocycles. The van der Waals surface area contributed by atoms with Crippen molar-refractivity contribution in [1.82, 2.24) is 5.32 Å². The van der Waals surface area contributed by atoms with E-state index in [9.17, 15) is 14.4 Å². The number of urea groups is 1. The van der Waals surface area contributed by atoms with Gasteiger partial charge in [0.1, 0.15) is 11.2 Å². The highest BCUT2D eigenvalue weighted by molar-refractivity contribution is 6.33. The van der Waals surface area contributed by atoms with Gasteiger partial charge in [0.15, 0.2) is 0 Å². The summed E-state index contributed by atoms with van der Waals surface area (Å²) in [6, 6.07) is 3.70. The van der Waals surface area contributed by atoms with E-state index in [1.807, 2.05) is 0 Å². The lowest BCUT2D eigenvalue weighted by atomic mass is 9.88. The monoisotopic (exact) mass is 296 g/mol. The lowest BCUT2D eigenvalue weighted by molar-refractivity contribution is -0.140. The maximum atomic E-state index is 12.3. The summed E-state index contributed by atoms with van der Waals surface area (Å²) in [4.78, 5) is 36.8. The molecule has 0 aliphatic carbocycles. The van der Waals surface area contributed by atoms with Gasteiger partial charge in [0.05, 0.1) is 17.8 Å². The van der Waals surface area contributed by atoms with Crippen LogP contribution in [0.4, 0.5) is 10.5 Å². The Morgan fingerprint density at radius 1 is 1.25 bits per heavy atom. The van der Waals surface area contributed by atoms with Gasteiger partial charge in [0, 0.05) is 6.07 Å². The van der Waals surface area contributed by atoms with E-state index in [0.717, 1.165) is 4.90 Å². The summed E-state index contributed by atoms with van der Waals surface area (Å²) in [5.41, 5.74) is -1.03. The number of methoxy groups -OCH3 is 1. The number of nitrogens with one attached hydrogen (secondary N) is 1. The normalized spacial score (nSPS) is 18.0. The highest BCUT2D eigenvalue weighted by atomic mass is 35.5. The zero-order valence-corrected chi connectivity index (χ0v) is 11.9. The van der Waals surface area contributed by atoms with Gasteiger partial charge in [-0.1, -0.05) is 11.6 Å². The summed E-state index contributed by atoms with van der Waals surface area (Å²) < 4.78 is 5.05. The van der Waals surface area contributed by atoms with Crippen LogP contribution in [0.25, 0.3) is 0 Å². The number of hydrogen-bond acceptors (Lipinski definition) is 4. The Balaban J connectivity index is 2.48. The summed E-state index contributed by atoms with van der Waals surface area (Å²) >= 11 is 5.90. The minimum atomic E-state index is -1.32. The molecule has 106 valence electrons. The molecule has 0 atom stereocenters. The molecule has 6 nitrogen and oxygen atoms in total. The fourth-order valence-corrected chi connectivity index (χ4v) is 1.99. The van der Waals surface area contributed by atoms with Crippen LogP contribution in [-0.4, -0.2) is 25.0 Å². The van der Waals surface area contributed by atoms with E-state index in [2.05, 4.69) is 5.32 Å². The maximum absolute atomic E-state index is 12.3. The Morgan fingerprint density at radius 2 is 1.90 bits per heavy atom. The summed E-state index contributed by atoms with van der Waals surface area (Å²) in [7, 11) is 1.43. The molecule has 1 aromatic rings. The third-order valence-corrected chi connectivity index (χ3v) is 3.43. The number of imide groups is 2. The SMILES string of the molecule is COc1cc(N2C(=O)NC(=O)C(C)(C)C2=O)ccc1Cl. The number of nitrogens with zero attached hydrogens (tertiary/aromatic N) is 1. The smallest absolute Gasteiger partial charge is 0.335 e. The summed E-state index contributed by atoms with van der Waals surface area (Å²) in [5.74, 6) is -0.889. The molecular formula is C13H13ClN2O4. The molecule has 0 bridgehead atoms. The molecule has 0 aromatic heterocycles. The molecule has 4 amide bonds. The maximum Gasteiger partial charge on any atom is 0.335 e. The molecule has 0 unspecified atom stereocenters. The van der Waals surface area contributed by atoms with Crippen LogP contribution < -0.4 is 15.0 Å². The number of rotatable bonds is 2. The number of anilines is 1. The third-order valence-electron chi connectivity index (χ3n) is 3.12. The van der Waals surface area contributed by atoms with Crippen LogP contribution in [0.3, 0.4) is 0 Å². The van der Waals surface area contributed by atoms with E-state index in [-0.39, 0.29) is 5.69 Å². The highest BCUT2D eigenvalue weighted by Crippen LogP contribution is 2.33. The highest BCUT2D eigenvalue weighted by Gasteiger charge is 2.47. The van der Waals surface area contributed by atoms with E-state index in [1.54, 1.807) is 0 Å². The number of benzene rings is 1. The number of carbonyl (C=O) groups excluding carboxylic acids is 3. The van der Waals surface area contributed by atoms with Gasteiger partial charge in [-0.2, -0.15) is 0 Å². The first-order valence-electron chi connectivity index (χ1n) is 5.82. The first kappa shape index (κ1) is 14.3. The van der Waals surface area contributed by atoms with E-state index in [1.165, 1.54) is 39.2 Å². The fraction of sp³-hybridized carbons (Fsp3) is 0.308. The van der Waals surface area contributed by atoms with E-state index < -0.39 is 23.3 Å². The van der Waals surface area contributed by atoms with Gasteiger partial charge in [0.25, 0.3) is 0 Å². The number of barbiturate groups is 1. The Hall–Kier alpha value is -2.08. The standard InChI is InChI=1S/C13H13ClN2O4/c1-13(2)10(17)15-12(19)16(11(13)18)7-4-5-8(14)9(6-7)20-3/h4-6H,1-3H3,(H,15,17,19). The number of amides is 4. The molecule has 0 radical (unpaired) electrons. The molecule has 7 heteroatoms. The van der Waals surface area contributed by atoms with Crippen molar-refractivity contribution in [1.29, 1.82) is 0 Å². The first-order chi connectivity index (χ1) is 9.28. The van der Waals surface area contributed by atoms with Crippen LogP contribution in [0.5, 0.6) is 5.75 Å². The van der Waals surface area contributed by atoms with Crippen molar-refractivity contribution >= 4 is 35.1 Å². The van der Waals surface area contributed by atoms with E-state index >= 15 is 0 Å². The molecule has 1 heterocycles. The lowest BCUT2D eigenvalue weighted by Crippen LogP contribution is -2.62. The Kier molecular flexibility index (Phi) is 3.43. The van der Waals surface area contributed by atoms with Crippen molar-refractivity contribution < 1.29 is 19.1 Å². The topological polar surface area (TPSA) is 75.7 Å². The Morgan fingerprint density at radius 3 is 2.50 bits per heavy atom. The zero-order valence-electron chi connectivity index (χ0n) is 11.2. The fourth-order valence-electron chi connectivity index (χ4n) is 1.80. The Labute approximate surface area is 120 Å². The molecule has 0 spiro atoms. The molecule has 1 aliphatic rings. The van der Waals surface area contributed by atoms with Gasteiger partial charge >= 0.3 is 6.03 Å². The number of halogens is 1. The zero-order chi connectivity index (χ0) is 15.1. The van der Waals surface area contributed by atoms with Gasteiger partial charge in [-0.15, -0.1) is 0 Å². The minimum absolute atomic E-state index is 0.286. The molecule has 1 N–H and O–H groups in total. The van der Waals surface area contributed by atoms with Crippen LogP contribution in [-0.2, 0) is 9.59 Å². The summed E-state index contributed by atoms with van der Waals surface area (Å²) in [6.45, 7) is 2.91. The average molecular weight is 297 g/mol. The van der Waals surface area contributed by atoms with Gasteiger partial charge < -0.3 is 4.74 Å². The molecule has 1 saturated heterocycles. The molecule has 1 aromatic carbocycles. The van der Waals surface area contributed by atoms with E-state index in [4.69, 9.17) is 16.3 Å². The van der Waals surface area contributed by atoms with Gasteiger partial charge in [-0.3, -0.25) is 14.9 Å². The predicted molar refractivity (Wildman–Crippen MR) is 72.8 cm³/mol. The molecular weight excluding hydrogens is 284 g/mol. The van der Waals surface area contributed by atoms with Crippen LogP contribution >= 0.6 is 11.6 Å². The second kappa shape index (κ2) is 4.79. The van der Waals surface area contributed by atoms with Crippen LogP contribution in [0.2, 0.25) is 5.02 Å². The largest absolute Gasteiger partial charge is 0.495 e. The average Bonchev–Trinajstić information content (AvgIpc) is 2.39. The lowest BCUT2D eigenvalue weighted by Gasteiger charge is -2.34. The molecule has 20 heavy (non-hydrogen) atoms. The van der Waals surface area contributed by atoms with Crippen LogP contribution in [0.15, 0.2) is 18.2 Å². The van der Waals surface area contributed by atoms with Crippen molar-refractivity contribution in [2.45, 2.75) is 13.8 Å². The third kappa shape index (κ3) is 2.12. The van der Waals surface area contributed by atoms with Crippen molar-refractivity contribution in [3.05, 3.63) is 23.2 Å². The van der Waals surface area contributed by atoms with E-state index in [0.29, 0.717) is 10.8 Å². The minimum Gasteiger partial charge on any atom is -0.495 e. The molecule has 1 aliphatic heterocycles. The first-order valence-corrected chi connectivity index (χ1v) is 6.20. The second-order valence-corrected chi connectivity index (χ2v) is 5.25. The van der Waals surface area contributed by atoms with Crippen LogP contribution in [0.1, 0.15) is 13.8 Å². The molecule has 2 rings (SSSR count). The number of hydrogen-bond donors (Lipinski definition) is 1. The van der Waals surface area contributed by atoms with Gasteiger partial charge in [0.2, 0.25) is 11.8 Å². The Bertz CT molecular complexity index is 612. The quantitative estimate of drug-likeness (QED) is 0.847. The second-order valence-electron chi connectivity index (χ2n) is 4.84. The van der Waals surface area contributed by atoms with Crippen molar-refractivity contribution in [3.8, 4) is 5.75 Å². The number of ether oxygens (including phenoxy) is 1. The number of carbonyl (C=O) groups is 3. The van der Waals surface area contributed by atoms with Crippen molar-refractivity contribution in [2.24, 2.45) is 5.41 Å². The van der Waals surface area contributed by atoms with Crippen molar-refractivity contribution in [2.75, 3.05) is 12.0 Å². The summed E-state index contributed by atoms with van der Waals surface area (Å²) in [6.07, 6.45) is 0. The van der Waals surface area contributed by atoms with Gasteiger partial charge in [-0.05, 0) is 26.0 Å². The predicted octanol–water partition coefficient (Wildman–Crippen LogP) is 1.96. The van der Waals surface area contributed by atoms with Gasteiger partial charge in [-0.25, -0.2) is 9.69 Å².